The summed E-state index contributed by atoms with van der Waals surface area (Å²) in [6, 6.07) is 16.1. The van der Waals surface area contributed by atoms with Crippen molar-refractivity contribution in [2.75, 3.05) is 13.1 Å². The summed E-state index contributed by atoms with van der Waals surface area (Å²) in [5.41, 5.74) is 4.06. The minimum Gasteiger partial charge on any atom is -0.508 e. The quantitative estimate of drug-likeness (QED) is 0.390. The van der Waals surface area contributed by atoms with Gasteiger partial charge in [0.25, 0.3) is 0 Å². The fourth-order valence-corrected chi connectivity index (χ4v) is 2.58. The summed E-state index contributed by atoms with van der Waals surface area (Å²) < 4.78 is 0. The number of aryl methyl sites for hydroxylation is 1. The molecule has 2 aromatic carbocycles. The zero-order chi connectivity index (χ0) is 20.8. The Hall–Kier alpha value is -3.12. The normalized spacial score (nSPS) is 10.3. The van der Waals surface area contributed by atoms with Gasteiger partial charge < -0.3 is 20.6 Å². The molecular weight excluding hydrogens is 358 g/mol. The lowest BCUT2D eigenvalue weighted by atomic mass is 10.0. The van der Waals surface area contributed by atoms with Crippen molar-refractivity contribution in [2.45, 2.75) is 26.2 Å². The van der Waals surface area contributed by atoms with Crippen LogP contribution < -0.4 is 5.32 Å². The molecule has 6 heteroatoms. The van der Waals surface area contributed by atoms with Crippen molar-refractivity contribution < 1.29 is 24.9 Å². The van der Waals surface area contributed by atoms with Crippen LogP contribution in [0.1, 0.15) is 23.6 Å². The third kappa shape index (κ3) is 10.1. The second-order valence-electron chi connectivity index (χ2n) is 6.05. The SMILES string of the molecule is CCc1ccccc1CCNCCc1cccc(O)c1.O=C(O)/C=C/C(=O)O. The third-order valence-corrected chi connectivity index (χ3v) is 3.94. The number of benzene rings is 2. The second-order valence-corrected chi connectivity index (χ2v) is 6.05. The average Bonchev–Trinajstić information content (AvgIpc) is 2.67. The van der Waals surface area contributed by atoms with Crippen molar-refractivity contribution >= 4 is 11.9 Å². The first-order valence-electron chi connectivity index (χ1n) is 9.11. The van der Waals surface area contributed by atoms with Gasteiger partial charge in [-0.25, -0.2) is 9.59 Å². The number of carbonyl (C=O) groups is 2. The molecule has 0 unspecified atom stereocenters. The van der Waals surface area contributed by atoms with Crippen LogP contribution in [0, 0.1) is 0 Å². The molecule has 0 saturated carbocycles. The molecule has 0 aromatic heterocycles. The Morgan fingerprint density at radius 2 is 1.50 bits per heavy atom. The molecule has 0 fully saturated rings. The Morgan fingerprint density at radius 3 is 2.07 bits per heavy atom. The average molecular weight is 385 g/mol. The third-order valence-electron chi connectivity index (χ3n) is 3.94. The highest BCUT2D eigenvalue weighted by atomic mass is 16.4. The summed E-state index contributed by atoms with van der Waals surface area (Å²) in [4.78, 5) is 19.1. The number of phenolic OH excluding ortho intramolecular Hbond substituents is 1. The standard InChI is InChI=1S/C18H23NO.C4H4O4/c1-2-16-7-3-4-8-17(16)11-13-19-12-10-15-6-5-9-18(20)14-15;5-3(6)1-2-4(7)8/h3-9,14,19-20H,2,10-13H2,1H3;1-2H,(H,5,6)(H,7,8)/b;2-1+. The van der Waals surface area contributed by atoms with E-state index in [1.54, 1.807) is 6.07 Å². The van der Waals surface area contributed by atoms with Gasteiger partial charge in [-0.1, -0.05) is 43.3 Å². The van der Waals surface area contributed by atoms with Gasteiger partial charge in [-0.15, -0.1) is 0 Å². The largest absolute Gasteiger partial charge is 0.508 e. The van der Waals surface area contributed by atoms with Crippen molar-refractivity contribution in [1.82, 2.24) is 5.32 Å². The first-order valence-corrected chi connectivity index (χ1v) is 9.11. The number of hydrogen-bond acceptors (Lipinski definition) is 4. The minimum atomic E-state index is -1.26. The van der Waals surface area contributed by atoms with Crippen LogP contribution in [0.15, 0.2) is 60.7 Å². The van der Waals surface area contributed by atoms with Crippen LogP contribution in [0.4, 0.5) is 0 Å². The summed E-state index contributed by atoms with van der Waals surface area (Å²) in [5.74, 6) is -2.17. The first kappa shape index (κ1) is 22.9. The topological polar surface area (TPSA) is 107 Å². The van der Waals surface area contributed by atoms with Crippen LogP contribution in [-0.4, -0.2) is 40.3 Å². The van der Waals surface area contributed by atoms with Gasteiger partial charge >= 0.3 is 11.9 Å². The van der Waals surface area contributed by atoms with Gasteiger partial charge in [-0.2, -0.15) is 0 Å². The maximum absolute atomic E-state index is 9.55. The van der Waals surface area contributed by atoms with Crippen LogP contribution >= 0.6 is 0 Å². The molecule has 4 N–H and O–H groups in total. The summed E-state index contributed by atoms with van der Waals surface area (Å²) in [5, 5.41) is 28.5. The monoisotopic (exact) mass is 385 g/mol. The summed E-state index contributed by atoms with van der Waals surface area (Å²) in [7, 11) is 0. The number of phenols is 1. The second kappa shape index (κ2) is 13.1. The number of nitrogens with one attached hydrogen (secondary N) is 1. The molecule has 2 aromatic rings. The van der Waals surface area contributed by atoms with Crippen LogP contribution in [-0.2, 0) is 28.9 Å². The van der Waals surface area contributed by atoms with Crippen molar-refractivity contribution in [3.63, 3.8) is 0 Å². The molecule has 0 aliphatic heterocycles. The highest BCUT2D eigenvalue weighted by Gasteiger charge is 1.99. The molecule has 0 bridgehead atoms. The maximum atomic E-state index is 9.55. The lowest BCUT2D eigenvalue weighted by Crippen LogP contribution is -2.20. The van der Waals surface area contributed by atoms with Gasteiger partial charge in [-0.3, -0.25) is 0 Å². The number of carboxylic acid groups (broad SMARTS) is 2. The van der Waals surface area contributed by atoms with E-state index in [9.17, 15) is 14.7 Å². The Kier molecular flexibility index (Phi) is 10.7. The van der Waals surface area contributed by atoms with E-state index in [1.165, 1.54) is 16.7 Å². The van der Waals surface area contributed by atoms with Gasteiger partial charge in [0.05, 0.1) is 0 Å². The molecule has 28 heavy (non-hydrogen) atoms. The van der Waals surface area contributed by atoms with Crippen LogP contribution in [0.2, 0.25) is 0 Å². The Bertz CT molecular complexity index is 770. The van der Waals surface area contributed by atoms with E-state index in [2.05, 4.69) is 36.5 Å². The summed E-state index contributed by atoms with van der Waals surface area (Å²) in [6.45, 7) is 4.14. The molecule has 0 atom stereocenters. The van der Waals surface area contributed by atoms with E-state index in [1.807, 2.05) is 18.2 Å². The zero-order valence-corrected chi connectivity index (χ0v) is 16.0. The molecule has 0 amide bonds. The molecular formula is C22H27NO5. The number of aliphatic carboxylic acids is 2. The van der Waals surface area contributed by atoms with E-state index in [0.29, 0.717) is 17.9 Å². The molecule has 0 aliphatic carbocycles. The number of hydrogen-bond donors (Lipinski definition) is 4. The van der Waals surface area contributed by atoms with E-state index in [0.717, 1.165) is 32.4 Å². The molecule has 150 valence electrons. The van der Waals surface area contributed by atoms with E-state index < -0.39 is 11.9 Å². The molecule has 0 saturated heterocycles. The first-order chi connectivity index (χ1) is 13.4. The minimum absolute atomic E-state index is 0.347. The van der Waals surface area contributed by atoms with E-state index in [-0.39, 0.29) is 0 Å². The van der Waals surface area contributed by atoms with Crippen LogP contribution in [0.25, 0.3) is 0 Å². The zero-order valence-electron chi connectivity index (χ0n) is 16.0. The molecule has 6 nitrogen and oxygen atoms in total. The Balaban J connectivity index is 0.000000416. The van der Waals surface area contributed by atoms with Gasteiger partial charge in [0.15, 0.2) is 0 Å². The number of carboxylic acids is 2. The smallest absolute Gasteiger partial charge is 0.328 e. The van der Waals surface area contributed by atoms with Crippen LogP contribution in [0.3, 0.4) is 0 Å². The Labute approximate surface area is 165 Å². The van der Waals surface area contributed by atoms with E-state index >= 15 is 0 Å². The predicted molar refractivity (Wildman–Crippen MR) is 109 cm³/mol. The Morgan fingerprint density at radius 1 is 0.893 bits per heavy atom. The maximum Gasteiger partial charge on any atom is 0.328 e. The van der Waals surface area contributed by atoms with Crippen molar-refractivity contribution in [3.05, 3.63) is 77.4 Å². The van der Waals surface area contributed by atoms with Gasteiger partial charge in [0.2, 0.25) is 0 Å². The molecule has 0 radical (unpaired) electrons. The van der Waals surface area contributed by atoms with Crippen molar-refractivity contribution in [2.24, 2.45) is 0 Å². The van der Waals surface area contributed by atoms with Gasteiger partial charge in [-0.05, 0) is 61.2 Å². The number of aromatic hydroxyl groups is 1. The lowest BCUT2D eigenvalue weighted by molar-refractivity contribution is -0.134. The highest BCUT2D eigenvalue weighted by molar-refractivity contribution is 5.89. The van der Waals surface area contributed by atoms with Gasteiger partial charge in [0, 0.05) is 12.2 Å². The van der Waals surface area contributed by atoms with Crippen molar-refractivity contribution in [3.8, 4) is 5.75 Å². The predicted octanol–water partition coefficient (Wildman–Crippen LogP) is 3.04. The van der Waals surface area contributed by atoms with Crippen molar-refractivity contribution in [1.29, 1.82) is 0 Å². The molecule has 0 heterocycles. The highest BCUT2D eigenvalue weighted by Crippen LogP contribution is 2.11. The number of rotatable bonds is 9. The molecule has 0 aliphatic rings. The summed E-state index contributed by atoms with van der Waals surface area (Å²) >= 11 is 0. The van der Waals surface area contributed by atoms with Crippen LogP contribution in [0.5, 0.6) is 5.75 Å². The molecule has 2 rings (SSSR count). The van der Waals surface area contributed by atoms with E-state index in [4.69, 9.17) is 10.2 Å². The fraction of sp³-hybridized carbons (Fsp3) is 0.273. The molecule has 0 spiro atoms. The van der Waals surface area contributed by atoms with Gasteiger partial charge in [0.1, 0.15) is 5.75 Å². The lowest BCUT2D eigenvalue weighted by Gasteiger charge is -2.09. The summed E-state index contributed by atoms with van der Waals surface area (Å²) in [6.07, 6.45) is 4.23. The fourth-order valence-electron chi connectivity index (χ4n) is 2.58.